The molecule has 20 heavy (non-hydrogen) atoms. The first-order valence-corrected chi connectivity index (χ1v) is 5.71. The zero-order valence-electron chi connectivity index (χ0n) is 10.8. The highest BCUT2D eigenvalue weighted by Gasteiger charge is 2.06. The smallest absolute Gasteiger partial charge is 0.329 e. The molecular formula is C12H15FN2O5. The van der Waals surface area contributed by atoms with E-state index in [1.807, 2.05) is 0 Å². The number of anilines is 1. The third-order valence-electron chi connectivity index (χ3n) is 2.17. The minimum absolute atomic E-state index is 0.0209. The molecule has 0 aliphatic heterocycles. The van der Waals surface area contributed by atoms with Crippen LogP contribution in [-0.4, -0.2) is 44.0 Å². The molecule has 1 aromatic rings. The van der Waals surface area contributed by atoms with Crippen LogP contribution in [-0.2, 0) is 9.53 Å². The number of halogens is 1. The number of nitrogens with one attached hydrogen (secondary N) is 2. The van der Waals surface area contributed by atoms with Crippen molar-refractivity contribution in [3.63, 3.8) is 0 Å². The molecule has 0 bridgehead atoms. The molecule has 8 heteroatoms. The number of ether oxygens (including phenoxy) is 2. The Kier molecular flexibility index (Phi) is 6.24. The van der Waals surface area contributed by atoms with Gasteiger partial charge in [0, 0.05) is 18.3 Å². The molecule has 0 spiro atoms. The van der Waals surface area contributed by atoms with Crippen molar-refractivity contribution >= 4 is 17.7 Å². The van der Waals surface area contributed by atoms with Crippen LogP contribution in [0, 0.1) is 5.82 Å². The van der Waals surface area contributed by atoms with E-state index >= 15 is 0 Å². The Bertz CT molecular complexity index is 481. The van der Waals surface area contributed by atoms with Gasteiger partial charge < -0.3 is 25.2 Å². The third-order valence-corrected chi connectivity index (χ3v) is 2.17. The van der Waals surface area contributed by atoms with Gasteiger partial charge in [-0.1, -0.05) is 0 Å². The summed E-state index contributed by atoms with van der Waals surface area (Å²) in [6.45, 7) is -0.192. The van der Waals surface area contributed by atoms with Crippen molar-refractivity contribution in [1.82, 2.24) is 5.32 Å². The van der Waals surface area contributed by atoms with Gasteiger partial charge in [-0.3, -0.25) is 0 Å². The maximum Gasteiger partial charge on any atom is 0.329 e. The van der Waals surface area contributed by atoms with Crippen molar-refractivity contribution in [2.75, 3.05) is 32.2 Å². The molecule has 0 aromatic heterocycles. The molecule has 0 aliphatic rings. The molecule has 0 radical (unpaired) electrons. The number of carboxylic acids is 1. The molecule has 7 nitrogen and oxygen atoms in total. The van der Waals surface area contributed by atoms with Crippen LogP contribution < -0.4 is 15.4 Å². The van der Waals surface area contributed by atoms with Gasteiger partial charge in [-0.05, 0) is 12.1 Å². The van der Waals surface area contributed by atoms with Gasteiger partial charge in [0.05, 0.1) is 13.7 Å². The van der Waals surface area contributed by atoms with Gasteiger partial charge in [0.1, 0.15) is 6.61 Å². The number of aliphatic carboxylic acids is 1. The van der Waals surface area contributed by atoms with E-state index in [1.54, 1.807) is 0 Å². The van der Waals surface area contributed by atoms with E-state index in [1.165, 1.54) is 25.3 Å². The molecule has 1 aromatic carbocycles. The van der Waals surface area contributed by atoms with Crippen LogP contribution in [0.5, 0.6) is 5.75 Å². The first kappa shape index (κ1) is 15.7. The van der Waals surface area contributed by atoms with Crippen molar-refractivity contribution in [2.45, 2.75) is 0 Å². The number of urea groups is 1. The first-order valence-electron chi connectivity index (χ1n) is 5.71. The molecule has 0 unspecified atom stereocenters. The Balaban J connectivity index is 2.33. The highest BCUT2D eigenvalue weighted by Crippen LogP contribution is 2.21. The molecule has 2 amide bonds. The van der Waals surface area contributed by atoms with E-state index in [9.17, 15) is 14.0 Å². The van der Waals surface area contributed by atoms with Gasteiger partial charge in [0.15, 0.2) is 11.6 Å². The number of amides is 2. The Labute approximate surface area is 114 Å². The number of hydrogen-bond donors (Lipinski definition) is 3. The molecular weight excluding hydrogens is 271 g/mol. The topological polar surface area (TPSA) is 96.9 Å². The number of carboxylic acid groups (broad SMARTS) is 1. The van der Waals surface area contributed by atoms with Gasteiger partial charge in [-0.2, -0.15) is 0 Å². The van der Waals surface area contributed by atoms with Crippen LogP contribution in [0.2, 0.25) is 0 Å². The van der Waals surface area contributed by atoms with E-state index in [2.05, 4.69) is 10.6 Å². The fourth-order valence-electron chi connectivity index (χ4n) is 1.31. The van der Waals surface area contributed by atoms with Gasteiger partial charge >= 0.3 is 12.0 Å². The summed E-state index contributed by atoms with van der Waals surface area (Å²) in [6.07, 6.45) is 0. The Morgan fingerprint density at radius 2 is 2.15 bits per heavy atom. The predicted octanol–water partition coefficient (Wildman–Crippen LogP) is 1.06. The fraction of sp³-hybridized carbons (Fsp3) is 0.333. The quantitative estimate of drug-likeness (QED) is 0.651. The lowest BCUT2D eigenvalue weighted by Gasteiger charge is -2.09. The molecule has 0 aliphatic carbocycles. The molecule has 0 heterocycles. The number of benzene rings is 1. The zero-order valence-corrected chi connectivity index (χ0v) is 10.8. The number of methoxy groups -OCH3 is 1. The van der Waals surface area contributed by atoms with Crippen LogP contribution in [0.1, 0.15) is 0 Å². The Morgan fingerprint density at radius 1 is 1.40 bits per heavy atom. The fourth-order valence-corrected chi connectivity index (χ4v) is 1.31. The number of carbonyl (C=O) groups is 2. The highest BCUT2D eigenvalue weighted by atomic mass is 19.1. The van der Waals surface area contributed by atoms with Crippen molar-refractivity contribution in [1.29, 1.82) is 0 Å². The molecule has 1 rings (SSSR count). The lowest BCUT2D eigenvalue weighted by Crippen LogP contribution is -2.32. The van der Waals surface area contributed by atoms with E-state index < -0.39 is 24.4 Å². The SMILES string of the molecule is COc1cc(NC(=O)NCCOCC(=O)O)ccc1F. The summed E-state index contributed by atoms with van der Waals surface area (Å²) in [5, 5.41) is 13.3. The van der Waals surface area contributed by atoms with Crippen molar-refractivity contribution < 1.29 is 28.6 Å². The molecule has 0 fully saturated rings. The molecule has 0 saturated heterocycles. The van der Waals surface area contributed by atoms with Crippen LogP contribution in [0.15, 0.2) is 18.2 Å². The van der Waals surface area contributed by atoms with Gasteiger partial charge in [-0.25, -0.2) is 14.0 Å². The second-order valence-corrected chi connectivity index (χ2v) is 3.68. The summed E-state index contributed by atoms with van der Waals surface area (Å²) >= 11 is 0. The lowest BCUT2D eigenvalue weighted by molar-refractivity contribution is -0.142. The molecule has 0 atom stereocenters. The standard InChI is InChI=1S/C12H15FN2O5/c1-19-10-6-8(2-3-9(10)13)15-12(18)14-4-5-20-7-11(16)17/h2-3,6H,4-5,7H2,1H3,(H,16,17)(H2,14,15,18). The van der Waals surface area contributed by atoms with E-state index in [4.69, 9.17) is 14.6 Å². The van der Waals surface area contributed by atoms with Gasteiger partial charge in [-0.15, -0.1) is 0 Å². The molecule has 3 N–H and O–H groups in total. The van der Waals surface area contributed by atoms with Crippen LogP contribution in [0.25, 0.3) is 0 Å². The molecule has 0 saturated carbocycles. The van der Waals surface area contributed by atoms with Crippen LogP contribution >= 0.6 is 0 Å². The van der Waals surface area contributed by atoms with E-state index in [0.29, 0.717) is 5.69 Å². The summed E-state index contributed by atoms with van der Waals surface area (Å²) in [5.41, 5.74) is 0.368. The normalized spacial score (nSPS) is 9.90. The average Bonchev–Trinajstić information content (AvgIpc) is 2.40. The minimum atomic E-state index is -1.08. The number of carbonyl (C=O) groups excluding carboxylic acids is 1. The maximum absolute atomic E-state index is 13.1. The summed E-state index contributed by atoms with van der Waals surface area (Å²) in [7, 11) is 1.32. The Morgan fingerprint density at radius 3 is 2.80 bits per heavy atom. The summed E-state index contributed by atoms with van der Waals surface area (Å²) in [4.78, 5) is 21.6. The van der Waals surface area contributed by atoms with E-state index in [-0.39, 0.29) is 18.9 Å². The second-order valence-electron chi connectivity index (χ2n) is 3.68. The predicted molar refractivity (Wildman–Crippen MR) is 68.4 cm³/mol. The number of hydrogen-bond acceptors (Lipinski definition) is 4. The van der Waals surface area contributed by atoms with Crippen LogP contribution in [0.3, 0.4) is 0 Å². The Hall–Kier alpha value is -2.35. The summed E-state index contributed by atoms with van der Waals surface area (Å²) in [5.74, 6) is -1.58. The van der Waals surface area contributed by atoms with Crippen molar-refractivity contribution in [3.8, 4) is 5.75 Å². The summed E-state index contributed by atoms with van der Waals surface area (Å²) in [6, 6.07) is 3.39. The molecule has 110 valence electrons. The van der Waals surface area contributed by atoms with Gasteiger partial charge in [0.25, 0.3) is 0 Å². The highest BCUT2D eigenvalue weighted by molar-refractivity contribution is 5.89. The monoisotopic (exact) mass is 286 g/mol. The van der Waals surface area contributed by atoms with Crippen LogP contribution in [0.4, 0.5) is 14.9 Å². The van der Waals surface area contributed by atoms with Crippen molar-refractivity contribution in [3.05, 3.63) is 24.0 Å². The number of rotatable bonds is 7. The maximum atomic E-state index is 13.1. The summed E-state index contributed by atoms with van der Waals surface area (Å²) < 4.78 is 22.7. The second kappa shape index (κ2) is 7.95. The zero-order chi connectivity index (χ0) is 15.0. The largest absolute Gasteiger partial charge is 0.494 e. The third kappa shape index (κ3) is 5.53. The minimum Gasteiger partial charge on any atom is -0.494 e. The van der Waals surface area contributed by atoms with Crippen molar-refractivity contribution in [2.24, 2.45) is 0 Å². The lowest BCUT2D eigenvalue weighted by atomic mass is 10.3. The van der Waals surface area contributed by atoms with E-state index in [0.717, 1.165) is 0 Å². The first-order chi connectivity index (χ1) is 9.52. The van der Waals surface area contributed by atoms with Gasteiger partial charge in [0.2, 0.25) is 0 Å². The average molecular weight is 286 g/mol.